The Labute approximate surface area is 141 Å². The van der Waals surface area contributed by atoms with Gasteiger partial charge < -0.3 is 4.74 Å². The zero-order valence-corrected chi connectivity index (χ0v) is 12.6. The van der Waals surface area contributed by atoms with Gasteiger partial charge in [0.1, 0.15) is 16.3 Å². The molecular weight excluding hydrogens is 371 g/mol. The van der Waals surface area contributed by atoms with Crippen LogP contribution >= 0.6 is 11.6 Å². The first-order chi connectivity index (χ1) is 11.6. The molecule has 0 aliphatic carbocycles. The lowest BCUT2D eigenvalue weighted by Crippen LogP contribution is -2.19. The average molecular weight is 378 g/mol. The minimum absolute atomic E-state index is 0.168. The van der Waals surface area contributed by atoms with E-state index < -0.39 is 44.7 Å². The molecule has 12 heteroatoms. The number of ether oxygens (including phenoxy) is 1. The number of benzene rings is 1. The number of hydrogen-bond acceptors (Lipinski definition) is 6. The Balaban J connectivity index is 2.38. The van der Waals surface area contributed by atoms with E-state index in [-0.39, 0.29) is 5.75 Å². The summed E-state index contributed by atoms with van der Waals surface area (Å²) in [5.74, 6) is -1.75. The van der Waals surface area contributed by atoms with E-state index in [2.05, 4.69) is 4.98 Å². The summed E-state index contributed by atoms with van der Waals surface area (Å²) in [6, 6.07) is 3.50. The Morgan fingerprint density at radius 1 is 1.36 bits per heavy atom. The smallest absolute Gasteiger partial charge is 0.417 e. The van der Waals surface area contributed by atoms with Crippen LogP contribution < -0.4 is 10.2 Å². The fourth-order valence-corrected chi connectivity index (χ4v) is 1.95. The van der Waals surface area contributed by atoms with Gasteiger partial charge >= 0.3 is 6.18 Å². The first-order valence-corrected chi connectivity index (χ1v) is 6.64. The van der Waals surface area contributed by atoms with Crippen LogP contribution in [0.2, 0.25) is 5.02 Å². The molecule has 0 fully saturated rings. The van der Waals surface area contributed by atoms with Crippen molar-refractivity contribution in [2.45, 2.75) is 6.18 Å². The highest BCUT2D eigenvalue weighted by Crippen LogP contribution is 2.35. The summed E-state index contributed by atoms with van der Waals surface area (Å²) in [5, 5.41) is 19.0. The quantitative estimate of drug-likeness (QED) is 0.478. The van der Waals surface area contributed by atoms with Crippen molar-refractivity contribution in [1.82, 2.24) is 10.5 Å². The number of nitrogens with one attached hydrogen (secondary N) is 1. The van der Waals surface area contributed by atoms with E-state index in [0.717, 1.165) is 18.2 Å². The van der Waals surface area contributed by atoms with Crippen molar-refractivity contribution >= 4 is 23.2 Å². The number of aromatic nitrogens is 1. The zero-order chi connectivity index (χ0) is 18.8. The van der Waals surface area contributed by atoms with Gasteiger partial charge in [-0.05, 0) is 12.1 Å². The molecule has 0 spiro atoms. The summed E-state index contributed by atoms with van der Waals surface area (Å²) in [6.45, 7) is 0. The molecule has 1 amide bonds. The second-order valence-electron chi connectivity index (χ2n) is 4.49. The maximum atomic E-state index is 12.6. The molecule has 0 atom stereocenters. The van der Waals surface area contributed by atoms with Crippen LogP contribution in [-0.2, 0) is 6.18 Å². The molecule has 0 aliphatic heterocycles. The molecule has 1 aromatic carbocycles. The molecule has 8 nitrogen and oxygen atoms in total. The minimum Gasteiger partial charge on any atom is -0.438 e. The van der Waals surface area contributed by atoms with Crippen molar-refractivity contribution in [3.05, 3.63) is 56.7 Å². The molecule has 1 aromatic heterocycles. The molecule has 0 saturated carbocycles. The van der Waals surface area contributed by atoms with E-state index in [1.54, 1.807) is 0 Å². The third kappa shape index (κ3) is 4.14. The van der Waals surface area contributed by atoms with Crippen molar-refractivity contribution < 1.29 is 32.8 Å². The van der Waals surface area contributed by atoms with Crippen LogP contribution in [-0.4, -0.2) is 21.0 Å². The second kappa shape index (κ2) is 6.91. The summed E-state index contributed by atoms with van der Waals surface area (Å²) < 4.78 is 42.8. The molecule has 1 heterocycles. The topological polar surface area (TPSA) is 115 Å². The van der Waals surface area contributed by atoms with E-state index in [1.165, 1.54) is 5.48 Å². The van der Waals surface area contributed by atoms with Crippen LogP contribution in [0, 0.1) is 10.1 Å². The molecule has 0 aliphatic rings. The lowest BCUT2D eigenvalue weighted by molar-refractivity contribution is -0.385. The van der Waals surface area contributed by atoms with Gasteiger partial charge in [-0.2, -0.15) is 13.2 Å². The van der Waals surface area contributed by atoms with Crippen LogP contribution in [0.4, 0.5) is 18.9 Å². The fourth-order valence-electron chi connectivity index (χ4n) is 1.75. The van der Waals surface area contributed by atoms with Crippen molar-refractivity contribution in [3.8, 4) is 11.6 Å². The number of carbonyl (C=O) groups excluding carboxylic acids is 1. The largest absolute Gasteiger partial charge is 0.438 e. The van der Waals surface area contributed by atoms with Crippen molar-refractivity contribution in [2.75, 3.05) is 0 Å². The molecule has 0 saturated heterocycles. The molecule has 2 aromatic rings. The highest BCUT2D eigenvalue weighted by Gasteiger charge is 2.32. The van der Waals surface area contributed by atoms with Crippen molar-refractivity contribution in [3.63, 3.8) is 0 Å². The number of nitrogens with zero attached hydrogens (tertiary/aromatic N) is 2. The molecule has 132 valence electrons. The highest BCUT2D eigenvalue weighted by molar-refractivity contribution is 6.31. The number of alkyl halides is 3. The predicted octanol–water partition coefficient (Wildman–Crippen LogP) is 3.57. The lowest BCUT2D eigenvalue weighted by atomic mass is 10.1. The van der Waals surface area contributed by atoms with Crippen LogP contribution in [0.1, 0.15) is 15.9 Å². The number of carbonyl (C=O) groups is 1. The standard InChI is InChI=1S/C13H7ClF3N3O5/c14-9-3-6(13(15,16)17)5-18-12(9)25-7-1-2-10(20(23)24)8(4-7)11(21)19-22/h1-5,22H,(H,19,21). The Morgan fingerprint density at radius 3 is 2.56 bits per heavy atom. The van der Waals surface area contributed by atoms with E-state index in [1.807, 2.05) is 0 Å². The summed E-state index contributed by atoms with van der Waals surface area (Å²) in [4.78, 5) is 24.9. The van der Waals surface area contributed by atoms with Gasteiger partial charge in [0, 0.05) is 18.3 Å². The van der Waals surface area contributed by atoms with Gasteiger partial charge in [0.15, 0.2) is 0 Å². The van der Waals surface area contributed by atoms with Crippen LogP contribution in [0.3, 0.4) is 0 Å². The summed E-state index contributed by atoms with van der Waals surface area (Å²) in [7, 11) is 0. The number of hydroxylamine groups is 1. The monoisotopic (exact) mass is 377 g/mol. The van der Waals surface area contributed by atoms with Gasteiger partial charge in [-0.1, -0.05) is 11.6 Å². The third-order valence-electron chi connectivity index (χ3n) is 2.86. The Hall–Kier alpha value is -2.92. The number of rotatable bonds is 4. The average Bonchev–Trinajstić information content (AvgIpc) is 2.54. The second-order valence-corrected chi connectivity index (χ2v) is 4.89. The summed E-state index contributed by atoms with van der Waals surface area (Å²) in [5.41, 5.74) is -1.01. The van der Waals surface area contributed by atoms with E-state index in [0.29, 0.717) is 12.3 Å². The minimum atomic E-state index is -4.64. The van der Waals surface area contributed by atoms with Gasteiger partial charge in [-0.25, -0.2) is 10.5 Å². The Bertz CT molecular complexity index is 844. The van der Waals surface area contributed by atoms with E-state index >= 15 is 0 Å². The van der Waals surface area contributed by atoms with Crippen molar-refractivity contribution in [2.24, 2.45) is 0 Å². The van der Waals surface area contributed by atoms with Gasteiger partial charge in [-0.15, -0.1) is 0 Å². The zero-order valence-electron chi connectivity index (χ0n) is 11.9. The van der Waals surface area contributed by atoms with Crippen LogP contribution in [0.25, 0.3) is 0 Å². The van der Waals surface area contributed by atoms with Gasteiger partial charge in [0.05, 0.1) is 10.5 Å². The fraction of sp³-hybridized carbons (Fsp3) is 0.0769. The SMILES string of the molecule is O=C(NO)c1cc(Oc2ncc(C(F)(F)F)cc2Cl)ccc1[N+](=O)[O-]. The molecule has 0 unspecified atom stereocenters. The Morgan fingerprint density at radius 2 is 2.04 bits per heavy atom. The van der Waals surface area contributed by atoms with Crippen molar-refractivity contribution in [1.29, 1.82) is 0 Å². The normalized spacial score (nSPS) is 11.1. The lowest BCUT2D eigenvalue weighted by Gasteiger charge is -2.10. The Kier molecular flexibility index (Phi) is 5.09. The molecule has 25 heavy (non-hydrogen) atoms. The molecule has 2 N–H and O–H groups in total. The van der Waals surface area contributed by atoms with E-state index in [9.17, 15) is 28.1 Å². The molecule has 2 rings (SSSR count). The number of amides is 1. The number of halogens is 4. The maximum absolute atomic E-state index is 12.6. The maximum Gasteiger partial charge on any atom is 0.417 e. The first-order valence-electron chi connectivity index (χ1n) is 6.27. The molecule has 0 radical (unpaired) electrons. The highest BCUT2D eigenvalue weighted by atomic mass is 35.5. The predicted molar refractivity (Wildman–Crippen MR) is 76.7 cm³/mol. The van der Waals surface area contributed by atoms with Crippen LogP contribution in [0.15, 0.2) is 30.5 Å². The molecular formula is C13H7ClF3N3O5. The number of hydrogen-bond donors (Lipinski definition) is 2. The number of nitro groups is 1. The first kappa shape index (κ1) is 18.4. The van der Waals surface area contributed by atoms with E-state index in [4.69, 9.17) is 21.5 Å². The summed E-state index contributed by atoms with van der Waals surface area (Å²) >= 11 is 5.68. The third-order valence-corrected chi connectivity index (χ3v) is 3.13. The number of nitro benzene ring substituents is 1. The van der Waals surface area contributed by atoms with Gasteiger partial charge in [0.25, 0.3) is 11.6 Å². The van der Waals surface area contributed by atoms with Gasteiger partial charge in [-0.3, -0.25) is 20.1 Å². The summed E-state index contributed by atoms with van der Waals surface area (Å²) in [6.07, 6.45) is -4.15. The molecule has 0 bridgehead atoms. The van der Waals surface area contributed by atoms with Crippen LogP contribution in [0.5, 0.6) is 11.6 Å². The van der Waals surface area contributed by atoms with Gasteiger partial charge in [0.2, 0.25) is 5.88 Å². The number of pyridine rings is 1.